The third-order valence-electron chi connectivity index (χ3n) is 8.50. The third-order valence-corrected chi connectivity index (χ3v) is 8.50. The summed E-state index contributed by atoms with van der Waals surface area (Å²) in [7, 11) is -0.420. The van der Waals surface area contributed by atoms with Crippen molar-refractivity contribution >= 4 is 18.7 Å². The summed E-state index contributed by atoms with van der Waals surface area (Å²) in [4.78, 5) is 22.7. The number of amides is 1. The third kappa shape index (κ3) is 5.65. The number of nitrogens with zero attached hydrogens (tertiary/aromatic N) is 2. The highest BCUT2D eigenvalue weighted by molar-refractivity contribution is 6.62. The van der Waals surface area contributed by atoms with Gasteiger partial charge in [-0.15, -0.1) is 0 Å². The van der Waals surface area contributed by atoms with Crippen molar-refractivity contribution in [3.63, 3.8) is 0 Å². The molecule has 0 unspecified atom stereocenters. The standard InChI is InChI=1S/C29H40BF2N3O5/c1-27(2,3)38-26(36)35-15-17(16-37-25(31)32)13-23(35)24-33-14-22(34-24)20-11-12-21(19-10-8-9-18(19)20)30-39-28(4,5)29(6,7)40-30/h11-12,14,17,23,25H,8-10,13,15-16H2,1-7H3,(H,33,34)/t17-,23-/m0/s1. The molecule has 0 saturated carbocycles. The minimum Gasteiger partial charge on any atom is -0.444 e. The highest BCUT2D eigenvalue weighted by Gasteiger charge is 2.52. The molecule has 1 aromatic heterocycles. The van der Waals surface area contributed by atoms with Gasteiger partial charge in [-0.2, -0.15) is 8.78 Å². The van der Waals surface area contributed by atoms with E-state index >= 15 is 0 Å². The number of carbonyl (C=O) groups is 1. The number of alkyl halides is 2. The first-order chi connectivity index (χ1) is 18.6. The molecule has 3 aliphatic rings. The summed E-state index contributed by atoms with van der Waals surface area (Å²) < 4.78 is 48.4. The number of imidazole rings is 1. The topological polar surface area (TPSA) is 85.9 Å². The van der Waals surface area contributed by atoms with Gasteiger partial charge in [0.15, 0.2) is 0 Å². The first-order valence-corrected chi connectivity index (χ1v) is 14.1. The van der Waals surface area contributed by atoms with Crippen molar-refractivity contribution in [2.75, 3.05) is 13.2 Å². The van der Waals surface area contributed by atoms with Gasteiger partial charge in [-0.1, -0.05) is 12.1 Å². The number of hydrogen-bond donors (Lipinski definition) is 1. The smallest absolute Gasteiger partial charge is 0.444 e. The van der Waals surface area contributed by atoms with Crippen molar-refractivity contribution in [1.29, 1.82) is 0 Å². The van der Waals surface area contributed by atoms with Crippen LogP contribution in [0.15, 0.2) is 18.3 Å². The fourth-order valence-electron chi connectivity index (χ4n) is 5.85. The molecule has 3 heterocycles. The van der Waals surface area contributed by atoms with E-state index in [1.54, 1.807) is 31.9 Å². The van der Waals surface area contributed by atoms with Crippen molar-refractivity contribution in [2.45, 2.75) is 104 Å². The van der Waals surface area contributed by atoms with Gasteiger partial charge in [-0.05, 0) is 90.7 Å². The van der Waals surface area contributed by atoms with Crippen LogP contribution in [0.5, 0.6) is 0 Å². The largest absolute Gasteiger partial charge is 0.495 e. The van der Waals surface area contributed by atoms with Gasteiger partial charge in [0.05, 0.1) is 35.7 Å². The molecule has 1 amide bonds. The molecule has 1 aliphatic carbocycles. The maximum Gasteiger partial charge on any atom is 0.495 e. The van der Waals surface area contributed by atoms with Crippen molar-refractivity contribution in [3.05, 3.63) is 35.3 Å². The predicted molar refractivity (Wildman–Crippen MR) is 148 cm³/mol. The van der Waals surface area contributed by atoms with E-state index in [0.717, 1.165) is 36.0 Å². The average molecular weight is 559 g/mol. The summed E-state index contributed by atoms with van der Waals surface area (Å²) in [6.07, 6.45) is 4.66. The molecule has 2 atom stereocenters. The number of halogens is 2. The van der Waals surface area contributed by atoms with Crippen LogP contribution in [-0.4, -0.2) is 64.6 Å². The van der Waals surface area contributed by atoms with E-state index in [0.29, 0.717) is 12.2 Å². The van der Waals surface area contributed by atoms with E-state index in [-0.39, 0.29) is 19.1 Å². The van der Waals surface area contributed by atoms with E-state index in [1.807, 2.05) is 0 Å². The average Bonchev–Trinajstić information content (AvgIpc) is 3.61. The Morgan fingerprint density at radius 1 is 1.18 bits per heavy atom. The number of aromatic amines is 1. The molecule has 8 nitrogen and oxygen atoms in total. The summed E-state index contributed by atoms with van der Waals surface area (Å²) in [5.74, 6) is 0.339. The lowest BCUT2D eigenvalue weighted by molar-refractivity contribution is -0.137. The normalized spacial score (nSPS) is 23.8. The highest BCUT2D eigenvalue weighted by Crippen LogP contribution is 2.40. The van der Waals surface area contributed by atoms with E-state index in [9.17, 15) is 13.6 Å². The Labute approximate surface area is 235 Å². The highest BCUT2D eigenvalue weighted by atomic mass is 19.3. The summed E-state index contributed by atoms with van der Waals surface area (Å²) in [6, 6.07) is 3.73. The number of aromatic nitrogens is 2. The number of nitrogens with one attached hydrogen (secondary N) is 1. The van der Waals surface area contributed by atoms with Crippen LogP contribution in [0.1, 0.15) is 84.3 Å². The fourth-order valence-corrected chi connectivity index (χ4v) is 5.85. The Morgan fingerprint density at radius 2 is 1.85 bits per heavy atom. The number of rotatable bonds is 6. The molecular weight excluding hydrogens is 519 g/mol. The van der Waals surface area contributed by atoms with Gasteiger partial charge >= 0.3 is 19.8 Å². The lowest BCUT2D eigenvalue weighted by Gasteiger charge is -2.32. The molecule has 2 fully saturated rings. The predicted octanol–water partition coefficient (Wildman–Crippen LogP) is 5.40. The van der Waals surface area contributed by atoms with Gasteiger partial charge in [0, 0.05) is 18.0 Å². The second kappa shape index (κ2) is 10.4. The van der Waals surface area contributed by atoms with Crippen LogP contribution in [0.4, 0.5) is 13.6 Å². The Bertz CT molecular complexity index is 1240. The SMILES string of the molecule is CC(C)(C)OC(=O)N1C[C@@H](COC(F)F)C[C@H]1c1ncc(-c2ccc(B3OC(C)(C)C(C)(C)O3)c3c2CCC3)[nH]1. The van der Waals surface area contributed by atoms with Crippen molar-refractivity contribution in [3.8, 4) is 11.3 Å². The Kier molecular flexibility index (Phi) is 7.55. The molecule has 0 radical (unpaired) electrons. The summed E-state index contributed by atoms with van der Waals surface area (Å²) in [5.41, 5.74) is 3.97. The van der Waals surface area contributed by atoms with Gasteiger partial charge in [0.25, 0.3) is 0 Å². The van der Waals surface area contributed by atoms with Crippen molar-refractivity contribution in [2.24, 2.45) is 5.92 Å². The minimum absolute atomic E-state index is 0.144. The maximum atomic E-state index is 13.1. The number of likely N-dealkylation sites (tertiary alicyclic amines) is 1. The van der Waals surface area contributed by atoms with Gasteiger partial charge in [-0.25, -0.2) is 9.78 Å². The van der Waals surface area contributed by atoms with E-state index < -0.39 is 42.7 Å². The lowest BCUT2D eigenvalue weighted by atomic mass is 9.74. The van der Waals surface area contributed by atoms with E-state index in [2.05, 4.69) is 54.5 Å². The number of hydrogen-bond acceptors (Lipinski definition) is 6. The Morgan fingerprint density at radius 3 is 2.50 bits per heavy atom. The first kappa shape index (κ1) is 29.0. The van der Waals surface area contributed by atoms with Crippen molar-refractivity contribution < 1.29 is 32.4 Å². The van der Waals surface area contributed by atoms with Gasteiger partial charge in [0.1, 0.15) is 11.4 Å². The molecular formula is C29H40BF2N3O5. The van der Waals surface area contributed by atoms with Crippen LogP contribution in [-0.2, 0) is 31.6 Å². The van der Waals surface area contributed by atoms with Crippen LogP contribution in [0, 0.1) is 5.92 Å². The number of H-pyrrole nitrogens is 1. The number of fused-ring (bicyclic) bond motifs is 1. The van der Waals surface area contributed by atoms with E-state index in [1.165, 1.54) is 11.1 Å². The second-order valence-corrected chi connectivity index (χ2v) is 13.1. The minimum atomic E-state index is -2.86. The summed E-state index contributed by atoms with van der Waals surface area (Å²) in [5, 5.41) is 0. The molecule has 1 aromatic carbocycles. The second-order valence-electron chi connectivity index (χ2n) is 13.1. The Hall–Kier alpha value is -2.50. The molecule has 1 N–H and O–H groups in total. The first-order valence-electron chi connectivity index (χ1n) is 14.1. The maximum absolute atomic E-state index is 13.1. The lowest BCUT2D eigenvalue weighted by Crippen LogP contribution is -2.41. The molecule has 2 aliphatic heterocycles. The molecule has 2 saturated heterocycles. The van der Waals surface area contributed by atoms with Crippen LogP contribution in [0.2, 0.25) is 0 Å². The molecule has 5 rings (SSSR count). The Balaban J connectivity index is 1.41. The number of ether oxygens (including phenoxy) is 2. The molecule has 0 bridgehead atoms. The van der Waals surface area contributed by atoms with Crippen LogP contribution in [0.3, 0.4) is 0 Å². The van der Waals surface area contributed by atoms with Gasteiger partial charge in [-0.3, -0.25) is 4.90 Å². The van der Waals surface area contributed by atoms with E-state index in [4.69, 9.17) is 14.0 Å². The van der Waals surface area contributed by atoms with Crippen LogP contribution in [0.25, 0.3) is 11.3 Å². The van der Waals surface area contributed by atoms with Crippen LogP contribution >= 0.6 is 0 Å². The van der Waals surface area contributed by atoms with Gasteiger partial charge < -0.3 is 23.8 Å². The quantitative estimate of drug-likeness (QED) is 0.477. The molecule has 218 valence electrons. The summed E-state index contributed by atoms with van der Waals surface area (Å²) in [6.45, 7) is 10.9. The zero-order chi connectivity index (χ0) is 29.0. The molecule has 11 heteroatoms. The molecule has 0 spiro atoms. The number of carbonyl (C=O) groups excluding carboxylic acids is 1. The molecule has 40 heavy (non-hydrogen) atoms. The van der Waals surface area contributed by atoms with Gasteiger partial charge in [0.2, 0.25) is 0 Å². The zero-order valence-electron chi connectivity index (χ0n) is 24.5. The monoisotopic (exact) mass is 559 g/mol. The summed E-state index contributed by atoms with van der Waals surface area (Å²) >= 11 is 0. The molecule has 2 aromatic rings. The fraction of sp³-hybridized carbons (Fsp3) is 0.655. The van der Waals surface area contributed by atoms with Crippen molar-refractivity contribution in [1.82, 2.24) is 14.9 Å². The van der Waals surface area contributed by atoms with Crippen LogP contribution < -0.4 is 5.46 Å². The zero-order valence-corrected chi connectivity index (χ0v) is 24.5. The number of benzene rings is 1.